The van der Waals surface area contributed by atoms with Gasteiger partial charge in [0.05, 0.1) is 0 Å². The fraction of sp³-hybridized carbons (Fsp3) is 0.700. The van der Waals surface area contributed by atoms with Gasteiger partial charge in [-0.1, -0.05) is 31.9 Å². The first kappa shape index (κ1) is 18.0. The van der Waals surface area contributed by atoms with Gasteiger partial charge in [-0.15, -0.1) is 0 Å². The highest BCUT2D eigenvalue weighted by molar-refractivity contribution is 5.92. The summed E-state index contributed by atoms with van der Waals surface area (Å²) in [4.78, 5) is 23.0. The van der Waals surface area contributed by atoms with E-state index in [0.29, 0.717) is 18.3 Å². The summed E-state index contributed by atoms with van der Waals surface area (Å²) in [5.41, 5.74) is 2.33. The van der Waals surface area contributed by atoms with Gasteiger partial charge in [-0.25, -0.2) is 4.79 Å². The van der Waals surface area contributed by atoms with E-state index in [9.17, 15) is 9.59 Å². The second-order valence-corrected chi connectivity index (χ2v) is 8.24. The minimum atomic E-state index is -0.874. The average molecular weight is 318 g/mol. The Bertz CT molecular complexity index is 571. The second kappa shape index (κ2) is 6.26. The lowest BCUT2D eigenvalue weighted by atomic mass is 9.47. The molecule has 4 unspecified atom stereocenters. The normalized spacial score (nSPS) is 38.0. The van der Waals surface area contributed by atoms with Crippen LogP contribution in [-0.2, 0) is 9.59 Å². The number of aliphatic carboxylic acids is 1. The summed E-state index contributed by atoms with van der Waals surface area (Å²) >= 11 is 0. The highest BCUT2D eigenvalue weighted by Gasteiger charge is 2.54. The Labute approximate surface area is 139 Å². The Hall–Kier alpha value is -1.38. The predicted octanol–water partition coefficient (Wildman–Crippen LogP) is 4.78. The Morgan fingerprint density at radius 2 is 2.09 bits per heavy atom. The number of hydrogen-bond acceptors (Lipinski definition) is 2. The molecular weight excluding hydrogens is 288 g/mol. The van der Waals surface area contributed by atoms with Crippen molar-refractivity contribution in [2.45, 2.75) is 66.7 Å². The van der Waals surface area contributed by atoms with Gasteiger partial charge in [0.2, 0.25) is 0 Å². The number of carboxylic acid groups (broad SMARTS) is 1. The average Bonchev–Trinajstić information content (AvgIpc) is 2.44. The van der Waals surface area contributed by atoms with Crippen LogP contribution in [0.15, 0.2) is 23.3 Å². The smallest absolute Gasteiger partial charge is 0.328 e. The van der Waals surface area contributed by atoms with Crippen LogP contribution in [0.5, 0.6) is 0 Å². The van der Waals surface area contributed by atoms with Gasteiger partial charge in [-0.3, -0.25) is 4.79 Å². The predicted molar refractivity (Wildman–Crippen MR) is 92.1 cm³/mol. The quantitative estimate of drug-likeness (QED) is 0.759. The largest absolute Gasteiger partial charge is 0.478 e. The molecule has 0 aromatic rings. The van der Waals surface area contributed by atoms with Gasteiger partial charge in [0.15, 0.2) is 5.78 Å². The van der Waals surface area contributed by atoms with E-state index in [4.69, 9.17) is 5.11 Å². The van der Waals surface area contributed by atoms with Gasteiger partial charge in [0, 0.05) is 12.5 Å². The van der Waals surface area contributed by atoms with Gasteiger partial charge >= 0.3 is 5.97 Å². The fourth-order valence-electron chi connectivity index (χ4n) is 4.86. The van der Waals surface area contributed by atoms with Gasteiger partial charge in [0.25, 0.3) is 0 Å². The summed E-state index contributed by atoms with van der Waals surface area (Å²) in [6, 6.07) is 0. The van der Waals surface area contributed by atoms with Crippen molar-refractivity contribution < 1.29 is 14.7 Å². The van der Waals surface area contributed by atoms with Crippen molar-refractivity contribution in [1.82, 2.24) is 0 Å². The molecule has 23 heavy (non-hydrogen) atoms. The first-order valence-corrected chi connectivity index (χ1v) is 8.71. The Morgan fingerprint density at radius 1 is 1.43 bits per heavy atom. The molecule has 2 rings (SSSR count). The number of hydrogen-bond donors (Lipinski definition) is 1. The Morgan fingerprint density at radius 3 is 2.70 bits per heavy atom. The summed E-state index contributed by atoms with van der Waals surface area (Å²) in [5.74, 6) is 0.287. The van der Waals surface area contributed by atoms with E-state index < -0.39 is 5.97 Å². The first-order valence-electron chi connectivity index (χ1n) is 8.71. The summed E-state index contributed by atoms with van der Waals surface area (Å²) in [6.45, 7) is 10.9. The number of allylic oxidation sites excluding steroid dienone is 3. The van der Waals surface area contributed by atoms with Crippen molar-refractivity contribution in [2.24, 2.45) is 22.7 Å². The molecule has 0 amide bonds. The molecular formula is C20H30O3. The van der Waals surface area contributed by atoms with Crippen molar-refractivity contribution in [3.63, 3.8) is 0 Å². The SMILES string of the molecule is CC1=CC(=O)CC2C1(C)CCC(C)C2(C)CC/C(C)=C/C(=O)O. The highest BCUT2D eigenvalue weighted by Crippen LogP contribution is 2.61. The molecule has 0 bridgehead atoms. The van der Waals surface area contributed by atoms with Crippen molar-refractivity contribution in [3.8, 4) is 0 Å². The third-order valence-corrected chi connectivity index (χ3v) is 6.90. The molecule has 0 spiro atoms. The van der Waals surface area contributed by atoms with Gasteiger partial charge in [-0.2, -0.15) is 0 Å². The van der Waals surface area contributed by atoms with Crippen molar-refractivity contribution in [2.75, 3.05) is 0 Å². The lowest BCUT2D eigenvalue weighted by Gasteiger charge is -2.57. The van der Waals surface area contributed by atoms with Gasteiger partial charge < -0.3 is 5.11 Å². The van der Waals surface area contributed by atoms with Crippen LogP contribution in [0.1, 0.15) is 66.7 Å². The molecule has 128 valence electrons. The van der Waals surface area contributed by atoms with Crippen molar-refractivity contribution in [1.29, 1.82) is 0 Å². The standard InChI is InChI=1S/C20H30O3/c1-13(10-18(22)23)6-8-19(4)14(2)7-9-20(5)15(3)11-16(21)12-17(19)20/h10-11,14,17H,6-9,12H2,1-5H3,(H,22,23)/b13-10+. The van der Waals surface area contributed by atoms with Crippen molar-refractivity contribution >= 4 is 11.8 Å². The number of fused-ring (bicyclic) bond motifs is 1. The molecule has 1 fully saturated rings. The van der Waals surface area contributed by atoms with Crippen LogP contribution in [0.2, 0.25) is 0 Å². The fourth-order valence-corrected chi connectivity index (χ4v) is 4.86. The summed E-state index contributed by atoms with van der Waals surface area (Å²) in [7, 11) is 0. The van der Waals surface area contributed by atoms with Crippen LogP contribution >= 0.6 is 0 Å². The molecule has 0 radical (unpaired) electrons. The molecule has 1 saturated carbocycles. The first-order chi connectivity index (χ1) is 10.6. The van der Waals surface area contributed by atoms with E-state index in [1.807, 2.05) is 13.0 Å². The molecule has 3 heteroatoms. The molecule has 2 aliphatic rings. The molecule has 0 heterocycles. The maximum Gasteiger partial charge on any atom is 0.328 e. The number of carboxylic acids is 1. The second-order valence-electron chi connectivity index (χ2n) is 8.24. The minimum Gasteiger partial charge on any atom is -0.478 e. The minimum absolute atomic E-state index is 0.0752. The van der Waals surface area contributed by atoms with E-state index in [1.165, 1.54) is 18.1 Å². The highest BCUT2D eigenvalue weighted by atomic mass is 16.4. The van der Waals surface area contributed by atoms with Crippen LogP contribution in [0.25, 0.3) is 0 Å². The molecule has 1 N–H and O–H groups in total. The molecule has 0 aromatic carbocycles. The van der Waals surface area contributed by atoms with Crippen molar-refractivity contribution in [3.05, 3.63) is 23.3 Å². The molecule has 0 aromatic heterocycles. The zero-order chi connectivity index (χ0) is 17.4. The van der Waals surface area contributed by atoms with Gasteiger partial charge in [0.1, 0.15) is 0 Å². The van der Waals surface area contributed by atoms with E-state index in [1.54, 1.807) is 0 Å². The van der Waals surface area contributed by atoms with Crippen LogP contribution in [0.3, 0.4) is 0 Å². The zero-order valence-electron chi connectivity index (χ0n) is 15.1. The lowest BCUT2D eigenvalue weighted by molar-refractivity contribution is -0.131. The zero-order valence-corrected chi connectivity index (χ0v) is 15.1. The lowest BCUT2D eigenvalue weighted by Crippen LogP contribution is -2.50. The summed E-state index contributed by atoms with van der Waals surface area (Å²) in [6.07, 6.45) is 7.85. The number of carbonyl (C=O) groups is 2. The van der Waals surface area contributed by atoms with Gasteiger partial charge in [-0.05, 0) is 68.3 Å². The number of rotatable bonds is 4. The molecule has 0 aliphatic heterocycles. The molecule has 3 nitrogen and oxygen atoms in total. The number of ketones is 1. The topological polar surface area (TPSA) is 54.4 Å². The number of carbonyl (C=O) groups excluding carboxylic acids is 1. The summed E-state index contributed by atoms with van der Waals surface area (Å²) < 4.78 is 0. The van der Waals surface area contributed by atoms with Crippen LogP contribution < -0.4 is 0 Å². The maximum absolute atomic E-state index is 12.2. The molecule has 0 saturated heterocycles. The van der Waals surface area contributed by atoms with E-state index in [0.717, 1.165) is 24.8 Å². The Kier molecular flexibility index (Phi) is 4.89. The van der Waals surface area contributed by atoms with Crippen LogP contribution in [0, 0.1) is 22.7 Å². The summed E-state index contributed by atoms with van der Waals surface area (Å²) in [5, 5.41) is 8.91. The molecule has 2 aliphatic carbocycles. The van der Waals surface area contributed by atoms with Crippen LogP contribution in [-0.4, -0.2) is 16.9 Å². The van der Waals surface area contributed by atoms with Crippen LogP contribution in [0.4, 0.5) is 0 Å². The molecule has 4 atom stereocenters. The monoisotopic (exact) mass is 318 g/mol. The Balaban J connectivity index is 2.29. The maximum atomic E-state index is 12.2. The third-order valence-electron chi connectivity index (χ3n) is 6.90. The third kappa shape index (κ3) is 3.29. The van der Waals surface area contributed by atoms with E-state index in [-0.39, 0.29) is 16.6 Å². The van der Waals surface area contributed by atoms with E-state index >= 15 is 0 Å². The van der Waals surface area contributed by atoms with E-state index in [2.05, 4.69) is 27.7 Å².